The Balaban J connectivity index is 4.60. The molecule has 2 amide bonds. The topological polar surface area (TPSA) is 78.4 Å². The SMILES string of the molecule is CCC(C)(C)NC(=O)N[C@H](C(=O)O)C(C)(C)C. The van der Waals surface area contributed by atoms with Gasteiger partial charge in [-0.15, -0.1) is 0 Å². The van der Waals surface area contributed by atoms with Crippen LogP contribution in [0.25, 0.3) is 0 Å². The molecular formula is C12H24N2O3. The van der Waals surface area contributed by atoms with Crippen LogP contribution in [0.5, 0.6) is 0 Å². The van der Waals surface area contributed by atoms with Crippen LogP contribution in [0.15, 0.2) is 0 Å². The molecular weight excluding hydrogens is 220 g/mol. The molecule has 0 heterocycles. The molecule has 0 aliphatic rings. The highest BCUT2D eigenvalue weighted by Crippen LogP contribution is 2.19. The quantitative estimate of drug-likeness (QED) is 0.707. The summed E-state index contributed by atoms with van der Waals surface area (Å²) in [6, 6.07) is -1.35. The first-order valence-electron chi connectivity index (χ1n) is 5.81. The molecule has 5 heteroatoms. The average Bonchev–Trinajstić information content (AvgIpc) is 2.11. The maximum Gasteiger partial charge on any atom is 0.326 e. The number of carboxylic acids is 1. The van der Waals surface area contributed by atoms with Crippen molar-refractivity contribution in [2.24, 2.45) is 5.41 Å². The maximum absolute atomic E-state index is 11.7. The van der Waals surface area contributed by atoms with Crippen LogP contribution in [0.4, 0.5) is 4.79 Å². The summed E-state index contributed by atoms with van der Waals surface area (Å²) in [7, 11) is 0. The summed E-state index contributed by atoms with van der Waals surface area (Å²) in [4.78, 5) is 22.8. The third-order valence-corrected chi connectivity index (χ3v) is 2.72. The van der Waals surface area contributed by atoms with Gasteiger partial charge < -0.3 is 15.7 Å². The summed E-state index contributed by atoms with van der Waals surface area (Å²) in [6.07, 6.45) is 0.772. The summed E-state index contributed by atoms with van der Waals surface area (Å²) < 4.78 is 0. The molecule has 0 unspecified atom stereocenters. The van der Waals surface area contributed by atoms with E-state index in [2.05, 4.69) is 10.6 Å². The van der Waals surface area contributed by atoms with Crippen molar-refractivity contribution in [3.05, 3.63) is 0 Å². The lowest BCUT2D eigenvalue weighted by molar-refractivity contribution is -0.141. The lowest BCUT2D eigenvalue weighted by atomic mass is 9.87. The number of rotatable bonds is 4. The summed E-state index contributed by atoms with van der Waals surface area (Å²) in [5.41, 5.74) is -0.870. The van der Waals surface area contributed by atoms with E-state index in [4.69, 9.17) is 5.11 Å². The van der Waals surface area contributed by atoms with Crippen molar-refractivity contribution in [1.29, 1.82) is 0 Å². The van der Waals surface area contributed by atoms with E-state index >= 15 is 0 Å². The van der Waals surface area contributed by atoms with Crippen LogP contribution >= 0.6 is 0 Å². The molecule has 0 bridgehead atoms. The van der Waals surface area contributed by atoms with Gasteiger partial charge in [-0.05, 0) is 25.7 Å². The molecule has 0 radical (unpaired) electrons. The molecule has 0 saturated carbocycles. The molecule has 0 spiro atoms. The van der Waals surface area contributed by atoms with E-state index < -0.39 is 23.5 Å². The van der Waals surface area contributed by atoms with E-state index in [-0.39, 0.29) is 5.54 Å². The van der Waals surface area contributed by atoms with Crippen molar-refractivity contribution >= 4 is 12.0 Å². The van der Waals surface area contributed by atoms with Gasteiger partial charge in [-0.25, -0.2) is 9.59 Å². The van der Waals surface area contributed by atoms with Crippen molar-refractivity contribution in [1.82, 2.24) is 10.6 Å². The molecule has 0 aromatic heterocycles. The number of carbonyl (C=O) groups is 2. The fourth-order valence-corrected chi connectivity index (χ4v) is 1.21. The maximum atomic E-state index is 11.7. The second kappa shape index (κ2) is 5.38. The third kappa shape index (κ3) is 5.56. The van der Waals surface area contributed by atoms with Gasteiger partial charge in [-0.1, -0.05) is 27.7 Å². The third-order valence-electron chi connectivity index (χ3n) is 2.72. The smallest absolute Gasteiger partial charge is 0.326 e. The highest BCUT2D eigenvalue weighted by molar-refractivity contribution is 5.83. The van der Waals surface area contributed by atoms with Crippen LogP contribution in [0, 0.1) is 5.41 Å². The van der Waals surface area contributed by atoms with E-state index in [1.807, 2.05) is 20.8 Å². The number of nitrogens with one attached hydrogen (secondary N) is 2. The molecule has 1 atom stereocenters. The number of aliphatic carboxylic acids is 1. The van der Waals surface area contributed by atoms with E-state index in [1.165, 1.54) is 0 Å². The Morgan fingerprint density at radius 1 is 1.18 bits per heavy atom. The summed E-state index contributed by atoms with van der Waals surface area (Å²) in [5, 5.41) is 14.3. The van der Waals surface area contributed by atoms with E-state index in [0.29, 0.717) is 0 Å². The Labute approximate surface area is 103 Å². The Morgan fingerprint density at radius 2 is 1.65 bits per heavy atom. The molecule has 0 aromatic carbocycles. The second-order valence-electron chi connectivity index (χ2n) is 5.97. The predicted octanol–water partition coefficient (Wildman–Crippen LogP) is 1.97. The van der Waals surface area contributed by atoms with Crippen molar-refractivity contribution in [2.75, 3.05) is 0 Å². The lowest BCUT2D eigenvalue weighted by Crippen LogP contribution is -2.56. The number of amides is 2. The first kappa shape index (κ1) is 15.7. The Morgan fingerprint density at radius 3 is 1.94 bits per heavy atom. The highest BCUT2D eigenvalue weighted by atomic mass is 16.4. The summed E-state index contributed by atoms with van der Waals surface area (Å²) in [6.45, 7) is 11.1. The zero-order valence-corrected chi connectivity index (χ0v) is 11.5. The summed E-state index contributed by atoms with van der Waals surface area (Å²) >= 11 is 0. The van der Waals surface area contributed by atoms with Gasteiger partial charge in [0, 0.05) is 5.54 Å². The van der Waals surface area contributed by atoms with Gasteiger partial charge in [-0.3, -0.25) is 0 Å². The Hall–Kier alpha value is -1.26. The van der Waals surface area contributed by atoms with E-state index in [9.17, 15) is 9.59 Å². The zero-order chi connectivity index (χ0) is 13.9. The van der Waals surface area contributed by atoms with Crippen LogP contribution in [0.2, 0.25) is 0 Å². The van der Waals surface area contributed by atoms with Gasteiger partial charge in [0.15, 0.2) is 0 Å². The molecule has 0 aromatic rings. The van der Waals surface area contributed by atoms with E-state index in [0.717, 1.165) is 6.42 Å². The van der Waals surface area contributed by atoms with Gasteiger partial charge in [-0.2, -0.15) is 0 Å². The molecule has 0 rings (SSSR count). The first-order chi connectivity index (χ1) is 7.49. The van der Waals surface area contributed by atoms with E-state index in [1.54, 1.807) is 20.8 Å². The molecule has 0 aliphatic carbocycles. The number of hydrogen-bond donors (Lipinski definition) is 3. The molecule has 0 aliphatic heterocycles. The van der Waals surface area contributed by atoms with Crippen LogP contribution in [0.3, 0.4) is 0 Å². The van der Waals surface area contributed by atoms with Crippen molar-refractivity contribution in [3.8, 4) is 0 Å². The first-order valence-corrected chi connectivity index (χ1v) is 5.81. The molecule has 17 heavy (non-hydrogen) atoms. The van der Waals surface area contributed by atoms with Crippen molar-refractivity contribution in [3.63, 3.8) is 0 Å². The molecule has 0 fully saturated rings. The summed E-state index contributed by atoms with van der Waals surface area (Å²) in [5.74, 6) is -1.03. The lowest BCUT2D eigenvalue weighted by Gasteiger charge is -2.30. The number of urea groups is 1. The van der Waals surface area contributed by atoms with Crippen molar-refractivity contribution in [2.45, 2.75) is 59.5 Å². The van der Waals surface area contributed by atoms with Gasteiger partial charge in [0.1, 0.15) is 6.04 Å². The Bertz CT molecular complexity index is 293. The van der Waals surface area contributed by atoms with Crippen molar-refractivity contribution < 1.29 is 14.7 Å². The van der Waals surface area contributed by atoms with Crippen LogP contribution in [0.1, 0.15) is 48.0 Å². The second-order valence-corrected chi connectivity index (χ2v) is 5.97. The van der Waals surface area contributed by atoms with Crippen LogP contribution in [-0.2, 0) is 4.79 Å². The minimum absolute atomic E-state index is 0.342. The van der Waals surface area contributed by atoms with Gasteiger partial charge in [0.2, 0.25) is 0 Å². The normalized spacial score (nSPS) is 14.0. The van der Waals surface area contributed by atoms with Gasteiger partial charge in [0.25, 0.3) is 0 Å². The highest BCUT2D eigenvalue weighted by Gasteiger charge is 2.33. The molecule has 100 valence electrons. The monoisotopic (exact) mass is 244 g/mol. The molecule has 5 nitrogen and oxygen atoms in total. The van der Waals surface area contributed by atoms with Crippen LogP contribution in [-0.4, -0.2) is 28.7 Å². The zero-order valence-electron chi connectivity index (χ0n) is 11.5. The minimum Gasteiger partial charge on any atom is -0.480 e. The number of carbonyl (C=O) groups excluding carboxylic acids is 1. The average molecular weight is 244 g/mol. The standard InChI is InChI=1S/C12H24N2O3/c1-7-12(5,6)14-10(17)13-8(9(15)16)11(2,3)4/h8H,7H2,1-6H3,(H,15,16)(H2,13,14,17)/t8-/m1/s1. The number of hydrogen-bond acceptors (Lipinski definition) is 2. The fraction of sp³-hybridized carbons (Fsp3) is 0.833. The predicted molar refractivity (Wildman–Crippen MR) is 66.9 cm³/mol. The van der Waals surface area contributed by atoms with Gasteiger partial charge >= 0.3 is 12.0 Å². The minimum atomic E-state index is -1.03. The van der Waals surface area contributed by atoms with Gasteiger partial charge in [0.05, 0.1) is 0 Å². The van der Waals surface area contributed by atoms with Crippen LogP contribution < -0.4 is 10.6 Å². The molecule has 0 saturated heterocycles. The fourth-order valence-electron chi connectivity index (χ4n) is 1.21. The number of carboxylic acid groups (broad SMARTS) is 1. The molecule has 3 N–H and O–H groups in total. The largest absolute Gasteiger partial charge is 0.480 e. The Kier molecular flexibility index (Phi) is 4.98.